The van der Waals surface area contributed by atoms with Crippen molar-refractivity contribution in [1.82, 2.24) is 14.7 Å². The van der Waals surface area contributed by atoms with Crippen LogP contribution in [0.5, 0.6) is 0 Å². The first kappa shape index (κ1) is 17.8. The molecule has 0 aliphatic heterocycles. The number of aliphatic hydroxyl groups excluding tert-OH is 1. The standard InChI is InChI=1S/C15H17F3N4O2/c1-21(10-13(23)15(16,17)18)14(24)20-12-5-3-11(4-6-12)9-22-8-2-7-19-22/h2-8,13,23H,9-10H2,1H3,(H,20,24). The van der Waals surface area contributed by atoms with Crippen LogP contribution >= 0.6 is 0 Å². The van der Waals surface area contributed by atoms with Gasteiger partial charge in [0.2, 0.25) is 0 Å². The van der Waals surface area contributed by atoms with Gasteiger partial charge in [-0.05, 0) is 23.8 Å². The van der Waals surface area contributed by atoms with Crippen LogP contribution in [0.3, 0.4) is 0 Å². The molecule has 2 aromatic rings. The van der Waals surface area contributed by atoms with Gasteiger partial charge in [-0.1, -0.05) is 12.1 Å². The molecule has 2 rings (SSSR count). The third-order valence-electron chi connectivity index (χ3n) is 3.28. The number of urea groups is 1. The van der Waals surface area contributed by atoms with Gasteiger partial charge in [-0.25, -0.2) is 4.79 Å². The second-order valence-corrected chi connectivity index (χ2v) is 5.27. The summed E-state index contributed by atoms with van der Waals surface area (Å²) in [6.07, 6.45) is -3.86. The lowest BCUT2D eigenvalue weighted by Gasteiger charge is -2.22. The number of nitrogens with one attached hydrogen (secondary N) is 1. The van der Waals surface area contributed by atoms with Crippen molar-refractivity contribution in [3.05, 3.63) is 48.3 Å². The first-order valence-electron chi connectivity index (χ1n) is 7.09. The summed E-state index contributed by atoms with van der Waals surface area (Å²) in [5.74, 6) is 0. The molecule has 1 unspecified atom stereocenters. The number of halogens is 3. The molecule has 1 aromatic carbocycles. The lowest BCUT2D eigenvalue weighted by atomic mass is 10.2. The minimum absolute atomic E-state index is 0.442. The Hall–Kier alpha value is -2.55. The minimum atomic E-state index is -4.76. The van der Waals surface area contributed by atoms with Gasteiger partial charge in [0.05, 0.1) is 13.1 Å². The molecule has 9 heteroatoms. The number of carbonyl (C=O) groups is 1. The Kier molecular flexibility index (Phi) is 5.45. The fourth-order valence-electron chi connectivity index (χ4n) is 1.94. The van der Waals surface area contributed by atoms with Crippen LogP contribution in [0.4, 0.5) is 23.7 Å². The average molecular weight is 342 g/mol. The van der Waals surface area contributed by atoms with Crippen LogP contribution in [0.25, 0.3) is 0 Å². The lowest BCUT2D eigenvalue weighted by Crippen LogP contribution is -2.43. The molecule has 24 heavy (non-hydrogen) atoms. The van der Waals surface area contributed by atoms with Crippen molar-refractivity contribution in [1.29, 1.82) is 0 Å². The summed E-state index contributed by atoms with van der Waals surface area (Å²) >= 11 is 0. The maximum absolute atomic E-state index is 12.3. The average Bonchev–Trinajstić information content (AvgIpc) is 3.01. The Labute approximate surface area is 136 Å². The van der Waals surface area contributed by atoms with Crippen LogP contribution in [-0.4, -0.2) is 51.7 Å². The number of aromatic nitrogens is 2. The molecule has 0 spiro atoms. The van der Waals surface area contributed by atoms with Crippen molar-refractivity contribution < 1.29 is 23.1 Å². The van der Waals surface area contributed by atoms with E-state index in [0.29, 0.717) is 12.2 Å². The molecule has 130 valence electrons. The van der Waals surface area contributed by atoms with Gasteiger partial charge in [0, 0.05) is 25.1 Å². The highest BCUT2D eigenvalue weighted by molar-refractivity contribution is 5.89. The van der Waals surface area contributed by atoms with Gasteiger partial charge in [0.15, 0.2) is 6.10 Å². The quantitative estimate of drug-likeness (QED) is 0.876. The van der Waals surface area contributed by atoms with Crippen molar-refractivity contribution in [3.63, 3.8) is 0 Å². The zero-order valence-electron chi connectivity index (χ0n) is 12.9. The van der Waals surface area contributed by atoms with E-state index in [1.807, 2.05) is 6.20 Å². The van der Waals surface area contributed by atoms with E-state index < -0.39 is 24.9 Å². The predicted molar refractivity (Wildman–Crippen MR) is 81.5 cm³/mol. The number of amides is 2. The Morgan fingerprint density at radius 2 is 2.04 bits per heavy atom. The molecule has 1 aromatic heterocycles. The highest BCUT2D eigenvalue weighted by Crippen LogP contribution is 2.20. The Bertz CT molecular complexity index is 656. The number of aliphatic hydroxyl groups is 1. The van der Waals surface area contributed by atoms with Gasteiger partial charge in [0.1, 0.15) is 0 Å². The van der Waals surface area contributed by atoms with Crippen molar-refractivity contribution in [2.45, 2.75) is 18.8 Å². The normalized spacial score (nSPS) is 12.7. The zero-order chi connectivity index (χ0) is 17.7. The molecule has 2 amide bonds. The molecule has 6 nitrogen and oxygen atoms in total. The third-order valence-corrected chi connectivity index (χ3v) is 3.28. The highest BCUT2D eigenvalue weighted by Gasteiger charge is 2.39. The Morgan fingerprint density at radius 1 is 1.38 bits per heavy atom. The molecule has 0 fully saturated rings. The van der Waals surface area contributed by atoms with E-state index in [1.165, 1.54) is 7.05 Å². The topological polar surface area (TPSA) is 70.4 Å². The van der Waals surface area contributed by atoms with E-state index in [-0.39, 0.29) is 0 Å². The molecule has 1 atom stereocenters. The molecule has 0 saturated heterocycles. The zero-order valence-corrected chi connectivity index (χ0v) is 12.9. The van der Waals surface area contributed by atoms with Crippen LogP contribution in [0, 0.1) is 0 Å². The number of likely N-dealkylation sites (N-methyl/N-ethyl adjacent to an activating group) is 1. The number of rotatable bonds is 5. The largest absolute Gasteiger partial charge is 0.416 e. The summed E-state index contributed by atoms with van der Waals surface area (Å²) < 4.78 is 38.6. The fourth-order valence-corrected chi connectivity index (χ4v) is 1.94. The molecule has 1 heterocycles. The molecule has 0 aliphatic carbocycles. The number of hydrogen-bond acceptors (Lipinski definition) is 3. The number of carbonyl (C=O) groups excluding carboxylic acids is 1. The number of hydrogen-bond donors (Lipinski definition) is 2. The molecule has 0 radical (unpaired) electrons. The van der Waals surface area contributed by atoms with E-state index in [0.717, 1.165) is 10.5 Å². The Morgan fingerprint density at radius 3 is 2.58 bits per heavy atom. The summed E-state index contributed by atoms with van der Waals surface area (Å²) in [5.41, 5.74) is 1.40. The second kappa shape index (κ2) is 7.35. The van der Waals surface area contributed by atoms with Crippen LogP contribution in [-0.2, 0) is 6.54 Å². The van der Waals surface area contributed by atoms with Crippen LogP contribution in [0.1, 0.15) is 5.56 Å². The van der Waals surface area contributed by atoms with Gasteiger partial charge < -0.3 is 15.3 Å². The minimum Gasteiger partial charge on any atom is -0.382 e. The maximum Gasteiger partial charge on any atom is 0.416 e. The summed E-state index contributed by atoms with van der Waals surface area (Å²) in [6, 6.07) is 7.91. The summed E-state index contributed by atoms with van der Waals surface area (Å²) in [4.78, 5) is 12.6. The third kappa shape index (κ3) is 4.98. The first-order chi connectivity index (χ1) is 11.3. The predicted octanol–water partition coefficient (Wildman–Crippen LogP) is 2.32. The summed E-state index contributed by atoms with van der Waals surface area (Å²) in [6.45, 7) is -0.272. The SMILES string of the molecule is CN(CC(O)C(F)(F)F)C(=O)Nc1ccc(Cn2cccn2)cc1. The maximum atomic E-state index is 12.3. The molecular formula is C15H17F3N4O2. The summed E-state index contributed by atoms with van der Waals surface area (Å²) in [7, 11) is 1.18. The van der Waals surface area contributed by atoms with Crippen LogP contribution in [0.2, 0.25) is 0 Å². The number of nitrogens with zero attached hydrogens (tertiary/aromatic N) is 3. The summed E-state index contributed by atoms with van der Waals surface area (Å²) in [5, 5.41) is 15.5. The van der Waals surface area contributed by atoms with E-state index >= 15 is 0 Å². The van der Waals surface area contributed by atoms with E-state index in [1.54, 1.807) is 41.2 Å². The molecule has 0 saturated carbocycles. The number of alkyl halides is 3. The van der Waals surface area contributed by atoms with Gasteiger partial charge in [0.25, 0.3) is 0 Å². The van der Waals surface area contributed by atoms with Gasteiger partial charge in [-0.15, -0.1) is 0 Å². The smallest absolute Gasteiger partial charge is 0.382 e. The molecule has 0 aliphatic rings. The van der Waals surface area contributed by atoms with Gasteiger partial charge >= 0.3 is 12.2 Å². The van der Waals surface area contributed by atoms with Crippen molar-refractivity contribution in [3.8, 4) is 0 Å². The lowest BCUT2D eigenvalue weighted by molar-refractivity contribution is -0.205. The van der Waals surface area contributed by atoms with Gasteiger partial charge in [-0.3, -0.25) is 4.68 Å². The van der Waals surface area contributed by atoms with E-state index in [2.05, 4.69) is 10.4 Å². The van der Waals surface area contributed by atoms with Crippen LogP contribution < -0.4 is 5.32 Å². The first-order valence-corrected chi connectivity index (χ1v) is 7.09. The number of anilines is 1. The monoisotopic (exact) mass is 342 g/mol. The second-order valence-electron chi connectivity index (χ2n) is 5.27. The fraction of sp³-hybridized carbons (Fsp3) is 0.333. The Balaban J connectivity index is 1.89. The highest BCUT2D eigenvalue weighted by atomic mass is 19.4. The van der Waals surface area contributed by atoms with E-state index in [4.69, 9.17) is 5.11 Å². The number of benzene rings is 1. The van der Waals surface area contributed by atoms with Crippen LogP contribution in [0.15, 0.2) is 42.7 Å². The van der Waals surface area contributed by atoms with Crippen molar-refractivity contribution in [2.24, 2.45) is 0 Å². The van der Waals surface area contributed by atoms with E-state index in [9.17, 15) is 18.0 Å². The molecular weight excluding hydrogens is 325 g/mol. The molecule has 0 bridgehead atoms. The van der Waals surface area contributed by atoms with Crippen molar-refractivity contribution in [2.75, 3.05) is 18.9 Å². The van der Waals surface area contributed by atoms with Gasteiger partial charge in [-0.2, -0.15) is 18.3 Å². The van der Waals surface area contributed by atoms with Crippen molar-refractivity contribution >= 4 is 11.7 Å². The molecule has 2 N–H and O–H groups in total.